The number of carbonyl (C=O) groups is 1. The molecule has 1 atom stereocenters. The van der Waals surface area contributed by atoms with Gasteiger partial charge in [-0.15, -0.1) is 0 Å². The fraction of sp³-hybridized carbons (Fsp3) is 0.350. The first-order chi connectivity index (χ1) is 13.1. The van der Waals surface area contributed by atoms with E-state index in [1.54, 1.807) is 29.6 Å². The molecule has 7 heteroatoms. The topological polar surface area (TPSA) is 76.8 Å². The summed E-state index contributed by atoms with van der Waals surface area (Å²) in [6, 6.07) is 3.93. The van der Waals surface area contributed by atoms with Crippen LogP contribution in [0, 0.1) is 6.92 Å². The van der Waals surface area contributed by atoms with Gasteiger partial charge in [-0.3, -0.25) is 14.5 Å². The zero-order valence-corrected chi connectivity index (χ0v) is 15.5. The third-order valence-corrected chi connectivity index (χ3v) is 5.30. The zero-order chi connectivity index (χ0) is 18.8. The average Bonchev–Trinajstić information content (AvgIpc) is 3.07. The molecular weight excluding hydrogens is 340 g/mol. The van der Waals surface area contributed by atoms with Crippen LogP contribution in [0.3, 0.4) is 0 Å². The van der Waals surface area contributed by atoms with Crippen molar-refractivity contribution >= 4 is 5.91 Å². The van der Waals surface area contributed by atoms with Crippen LogP contribution in [0.25, 0.3) is 11.1 Å². The van der Waals surface area contributed by atoms with Crippen LogP contribution in [-0.4, -0.2) is 48.6 Å². The summed E-state index contributed by atoms with van der Waals surface area (Å²) >= 11 is 0. The van der Waals surface area contributed by atoms with Crippen LogP contribution in [-0.2, 0) is 7.05 Å². The lowest BCUT2D eigenvalue weighted by Crippen LogP contribution is -2.39. The first-order valence-electron chi connectivity index (χ1n) is 9.13. The van der Waals surface area contributed by atoms with E-state index >= 15 is 0 Å². The molecule has 1 saturated heterocycles. The second-order valence-electron chi connectivity index (χ2n) is 6.92. The lowest BCUT2D eigenvalue weighted by atomic mass is 9.90. The Morgan fingerprint density at radius 1 is 1.19 bits per heavy atom. The highest BCUT2D eigenvalue weighted by molar-refractivity contribution is 5.95. The minimum atomic E-state index is 0.0461. The second-order valence-corrected chi connectivity index (χ2v) is 6.92. The summed E-state index contributed by atoms with van der Waals surface area (Å²) in [4.78, 5) is 27.8. The minimum Gasteiger partial charge on any atom is -0.338 e. The Kier molecular flexibility index (Phi) is 4.66. The number of hydrogen-bond acceptors (Lipinski definition) is 5. The number of nitrogens with zero attached hydrogens (tertiary/aromatic N) is 6. The number of aromatic nitrogens is 5. The summed E-state index contributed by atoms with van der Waals surface area (Å²) < 4.78 is 1.74. The molecule has 3 aromatic heterocycles. The normalized spacial score (nSPS) is 17.1. The molecule has 0 unspecified atom stereocenters. The fourth-order valence-electron chi connectivity index (χ4n) is 3.68. The maximum absolute atomic E-state index is 13.0. The molecule has 27 heavy (non-hydrogen) atoms. The van der Waals surface area contributed by atoms with Crippen molar-refractivity contribution in [2.45, 2.75) is 25.7 Å². The number of piperidine rings is 1. The van der Waals surface area contributed by atoms with Gasteiger partial charge >= 0.3 is 0 Å². The molecule has 3 aromatic rings. The Morgan fingerprint density at radius 2 is 2.00 bits per heavy atom. The molecule has 0 spiro atoms. The molecule has 1 aliphatic rings. The van der Waals surface area contributed by atoms with E-state index in [0.717, 1.165) is 41.9 Å². The molecule has 1 aliphatic heterocycles. The molecule has 4 heterocycles. The van der Waals surface area contributed by atoms with Crippen molar-refractivity contribution in [3.63, 3.8) is 0 Å². The molecule has 0 bridgehead atoms. The van der Waals surface area contributed by atoms with Gasteiger partial charge in [0.25, 0.3) is 5.91 Å². The van der Waals surface area contributed by atoms with Gasteiger partial charge in [-0.1, -0.05) is 0 Å². The molecule has 0 saturated carbocycles. The highest BCUT2D eigenvalue weighted by Crippen LogP contribution is 2.32. The molecule has 4 rings (SSSR count). The Labute approximate surface area is 158 Å². The van der Waals surface area contributed by atoms with E-state index in [-0.39, 0.29) is 11.8 Å². The van der Waals surface area contributed by atoms with Crippen LogP contribution in [0.15, 0.2) is 43.2 Å². The first-order valence-corrected chi connectivity index (χ1v) is 9.13. The van der Waals surface area contributed by atoms with Crippen LogP contribution in [0.4, 0.5) is 0 Å². The molecule has 0 N–H and O–H groups in total. The van der Waals surface area contributed by atoms with Crippen LogP contribution in [0.2, 0.25) is 0 Å². The van der Waals surface area contributed by atoms with Crippen molar-refractivity contribution in [1.82, 2.24) is 29.6 Å². The third-order valence-electron chi connectivity index (χ3n) is 5.30. The largest absolute Gasteiger partial charge is 0.338 e. The van der Waals surface area contributed by atoms with Crippen LogP contribution >= 0.6 is 0 Å². The number of likely N-dealkylation sites (tertiary alicyclic amines) is 1. The Hall–Kier alpha value is -3.09. The van der Waals surface area contributed by atoms with Gasteiger partial charge in [0, 0.05) is 55.9 Å². The molecule has 1 fully saturated rings. The summed E-state index contributed by atoms with van der Waals surface area (Å²) in [7, 11) is 1.85. The Morgan fingerprint density at radius 3 is 2.74 bits per heavy atom. The highest BCUT2D eigenvalue weighted by Gasteiger charge is 2.29. The lowest BCUT2D eigenvalue weighted by molar-refractivity contribution is 0.0705. The SMILES string of the molecule is Cc1c(C(=O)N2CCC[C@H](c3ncncc3-c3ccncc3)C2)cnn1C. The Bertz CT molecular complexity index is 952. The monoisotopic (exact) mass is 362 g/mol. The van der Waals surface area contributed by atoms with Crippen molar-refractivity contribution in [2.24, 2.45) is 7.05 Å². The summed E-state index contributed by atoms with van der Waals surface area (Å²) in [5.74, 6) is 0.232. The average molecular weight is 362 g/mol. The molecule has 1 amide bonds. The van der Waals surface area contributed by atoms with Gasteiger partial charge in [-0.25, -0.2) is 9.97 Å². The van der Waals surface area contributed by atoms with E-state index in [9.17, 15) is 4.79 Å². The van der Waals surface area contributed by atoms with Gasteiger partial charge in [0.1, 0.15) is 6.33 Å². The van der Waals surface area contributed by atoms with Gasteiger partial charge < -0.3 is 4.90 Å². The van der Waals surface area contributed by atoms with E-state index < -0.39 is 0 Å². The first kappa shape index (κ1) is 17.3. The number of pyridine rings is 1. The van der Waals surface area contributed by atoms with E-state index in [1.165, 1.54) is 0 Å². The van der Waals surface area contributed by atoms with Gasteiger partial charge in [-0.2, -0.15) is 5.10 Å². The predicted molar refractivity (Wildman–Crippen MR) is 101 cm³/mol. The van der Waals surface area contributed by atoms with Crippen LogP contribution in [0.1, 0.15) is 40.5 Å². The van der Waals surface area contributed by atoms with Crippen LogP contribution in [0.5, 0.6) is 0 Å². The maximum Gasteiger partial charge on any atom is 0.257 e. The van der Waals surface area contributed by atoms with Gasteiger partial charge in [0.15, 0.2) is 0 Å². The van der Waals surface area contributed by atoms with Crippen molar-refractivity contribution in [1.29, 1.82) is 0 Å². The summed E-state index contributed by atoms with van der Waals surface area (Å²) in [5.41, 5.74) is 4.62. The molecule has 0 aliphatic carbocycles. The van der Waals surface area contributed by atoms with Gasteiger partial charge in [0.2, 0.25) is 0 Å². The molecule has 0 radical (unpaired) electrons. The summed E-state index contributed by atoms with van der Waals surface area (Å²) in [5, 5.41) is 4.21. The number of aryl methyl sites for hydroxylation is 1. The van der Waals surface area contributed by atoms with E-state index in [0.29, 0.717) is 12.1 Å². The zero-order valence-electron chi connectivity index (χ0n) is 15.5. The third kappa shape index (κ3) is 3.32. The maximum atomic E-state index is 13.0. The quantitative estimate of drug-likeness (QED) is 0.716. The standard InChI is InChI=1S/C20H22N6O/c1-14-17(11-24-25(14)2)20(27)26-9-3-4-16(12-26)19-18(10-22-13-23-19)15-5-7-21-8-6-15/h5-8,10-11,13,16H,3-4,9,12H2,1-2H3/t16-/m0/s1. The van der Waals surface area contributed by atoms with Crippen LogP contribution < -0.4 is 0 Å². The number of rotatable bonds is 3. The van der Waals surface area contributed by atoms with Crippen molar-refractivity contribution in [3.05, 3.63) is 60.2 Å². The molecular formula is C20H22N6O. The molecule has 0 aromatic carbocycles. The predicted octanol–water partition coefficient (Wildman–Crippen LogP) is 2.60. The van der Waals surface area contributed by atoms with Crippen molar-refractivity contribution in [3.8, 4) is 11.1 Å². The number of hydrogen-bond donors (Lipinski definition) is 0. The fourth-order valence-corrected chi connectivity index (χ4v) is 3.68. The lowest BCUT2D eigenvalue weighted by Gasteiger charge is -2.33. The number of carbonyl (C=O) groups excluding carboxylic acids is 1. The van der Waals surface area contributed by atoms with E-state index in [4.69, 9.17) is 0 Å². The van der Waals surface area contributed by atoms with E-state index in [1.807, 2.05) is 37.2 Å². The smallest absolute Gasteiger partial charge is 0.257 e. The van der Waals surface area contributed by atoms with E-state index in [2.05, 4.69) is 20.1 Å². The number of amides is 1. The minimum absolute atomic E-state index is 0.0461. The molecule has 138 valence electrons. The second kappa shape index (κ2) is 7.26. The van der Waals surface area contributed by atoms with Crippen molar-refractivity contribution in [2.75, 3.05) is 13.1 Å². The Balaban J connectivity index is 1.61. The molecule has 7 nitrogen and oxygen atoms in total. The summed E-state index contributed by atoms with van der Waals surface area (Å²) in [6.07, 6.45) is 10.6. The van der Waals surface area contributed by atoms with Gasteiger partial charge in [0.05, 0.1) is 17.5 Å². The highest BCUT2D eigenvalue weighted by atomic mass is 16.2. The summed E-state index contributed by atoms with van der Waals surface area (Å²) in [6.45, 7) is 3.34. The van der Waals surface area contributed by atoms with Gasteiger partial charge in [-0.05, 0) is 37.5 Å². The van der Waals surface area contributed by atoms with Crippen molar-refractivity contribution < 1.29 is 4.79 Å².